The van der Waals surface area contributed by atoms with Crippen LogP contribution in [-0.4, -0.2) is 55.7 Å². The lowest BCUT2D eigenvalue weighted by molar-refractivity contribution is -0.141. The largest absolute Gasteiger partial charge is 0.433 e. The molecule has 9 nitrogen and oxygen atoms in total. The topological polar surface area (TPSA) is 113 Å². The lowest BCUT2D eigenvalue weighted by Gasteiger charge is -2.37. The molecule has 2 N–H and O–H groups in total. The van der Waals surface area contributed by atoms with E-state index in [1.165, 1.54) is 34.4 Å². The van der Waals surface area contributed by atoms with Crippen molar-refractivity contribution in [1.82, 2.24) is 20.0 Å². The van der Waals surface area contributed by atoms with Crippen LogP contribution in [0.3, 0.4) is 0 Å². The van der Waals surface area contributed by atoms with Crippen molar-refractivity contribution >= 4 is 17.9 Å². The first-order valence-electron chi connectivity index (χ1n) is 9.72. The molecule has 0 aliphatic carbocycles. The number of hydrogen-bond donors (Lipinski definition) is 2. The number of alkyl halides is 6. The standard InChI is InChI=1S/C20H14F6N8O/c21-19(22,23)14-3-1-2-13(31-14)16-29-11-34(33-7-5-18(35,9-27)10-33)17(32-16)30-12-4-6-28-15(8-12)20(24,25)26/h1-8,11,17,35H,10H2,(H,28,30). The minimum atomic E-state index is -4.72. The fourth-order valence-corrected chi connectivity index (χ4v) is 3.16. The first-order chi connectivity index (χ1) is 16.4. The predicted molar refractivity (Wildman–Crippen MR) is 109 cm³/mol. The average molecular weight is 496 g/mol. The van der Waals surface area contributed by atoms with Gasteiger partial charge in [-0.05, 0) is 30.3 Å². The van der Waals surface area contributed by atoms with Gasteiger partial charge in [-0.15, -0.1) is 0 Å². The SMILES string of the molecule is N#CC1(O)C=CN(N2C=NC(c3cccc(C(F)(F)F)n3)=NC2Nc2ccnc(C(F)(F)F)c2)C1. The molecular formula is C20H14F6N8O. The third-order valence-corrected chi connectivity index (χ3v) is 4.82. The highest BCUT2D eigenvalue weighted by Crippen LogP contribution is 2.30. The highest BCUT2D eigenvalue weighted by Gasteiger charge is 2.37. The molecule has 0 saturated carbocycles. The van der Waals surface area contributed by atoms with Gasteiger partial charge in [-0.2, -0.15) is 31.6 Å². The Morgan fingerprint density at radius 2 is 1.86 bits per heavy atom. The Bertz CT molecular complexity index is 1250. The van der Waals surface area contributed by atoms with Crippen LogP contribution < -0.4 is 5.32 Å². The van der Waals surface area contributed by atoms with Gasteiger partial charge >= 0.3 is 12.4 Å². The third-order valence-electron chi connectivity index (χ3n) is 4.82. The summed E-state index contributed by atoms with van der Waals surface area (Å²) in [5.41, 5.74) is -4.48. The number of aliphatic imine (C=N–C) groups is 2. The van der Waals surface area contributed by atoms with Gasteiger partial charge in [-0.1, -0.05) is 6.07 Å². The number of β-amino-alcohol motifs (C(OH)–C–C–N with tert-alkyl or cyclic N) is 1. The van der Waals surface area contributed by atoms with Gasteiger partial charge in [-0.3, -0.25) is 9.99 Å². The molecule has 2 aliphatic heterocycles. The van der Waals surface area contributed by atoms with E-state index < -0.39 is 35.6 Å². The van der Waals surface area contributed by atoms with Crippen LogP contribution in [0.2, 0.25) is 0 Å². The summed E-state index contributed by atoms with van der Waals surface area (Å²) in [6.45, 7) is -0.259. The summed E-state index contributed by atoms with van der Waals surface area (Å²) in [4.78, 5) is 15.1. The highest BCUT2D eigenvalue weighted by atomic mass is 19.4. The van der Waals surface area contributed by atoms with Crippen molar-refractivity contribution < 1.29 is 31.4 Å². The molecule has 35 heavy (non-hydrogen) atoms. The number of aliphatic hydroxyl groups is 1. The Balaban J connectivity index is 1.69. The minimum absolute atomic E-state index is 0.0588. The summed E-state index contributed by atoms with van der Waals surface area (Å²) in [6, 6.07) is 6.80. The maximum absolute atomic E-state index is 13.1. The summed E-state index contributed by atoms with van der Waals surface area (Å²) < 4.78 is 78.5. The third kappa shape index (κ3) is 5.17. The van der Waals surface area contributed by atoms with Gasteiger partial charge in [-0.25, -0.2) is 20.0 Å². The van der Waals surface area contributed by atoms with E-state index >= 15 is 0 Å². The van der Waals surface area contributed by atoms with Gasteiger partial charge in [0.25, 0.3) is 0 Å². The molecule has 0 aromatic carbocycles. The van der Waals surface area contributed by atoms with Gasteiger partial charge in [0.15, 0.2) is 11.4 Å². The van der Waals surface area contributed by atoms with E-state index in [2.05, 4.69) is 25.3 Å². The Kier molecular flexibility index (Phi) is 5.85. The number of rotatable bonds is 4. The van der Waals surface area contributed by atoms with Crippen molar-refractivity contribution in [2.75, 3.05) is 11.9 Å². The van der Waals surface area contributed by atoms with Gasteiger partial charge < -0.3 is 10.4 Å². The summed E-state index contributed by atoms with van der Waals surface area (Å²) >= 11 is 0. The lowest BCUT2D eigenvalue weighted by atomic mass is 10.1. The summed E-state index contributed by atoms with van der Waals surface area (Å²) in [6.07, 6.45) is -6.08. The fraction of sp³-hybridized carbons (Fsp3) is 0.250. The Morgan fingerprint density at radius 1 is 1.11 bits per heavy atom. The number of aromatic nitrogens is 2. The van der Waals surface area contributed by atoms with Crippen molar-refractivity contribution in [1.29, 1.82) is 5.26 Å². The number of hydrazine groups is 1. The molecular weight excluding hydrogens is 482 g/mol. The van der Waals surface area contributed by atoms with E-state index in [9.17, 15) is 31.4 Å². The van der Waals surface area contributed by atoms with E-state index in [1.807, 2.05) is 0 Å². The first-order valence-corrected chi connectivity index (χ1v) is 9.72. The molecule has 0 fully saturated rings. The normalized spacial score (nSPS) is 22.2. The zero-order valence-corrected chi connectivity index (χ0v) is 17.3. The van der Waals surface area contributed by atoms with Crippen molar-refractivity contribution in [3.8, 4) is 6.07 Å². The Labute approximate surface area is 193 Å². The van der Waals surface area contributed by atoms with Crippen LogP contribution in [-0.2, 0) is 12.4 Å². The zero-order chi connectivity index (χ0) is 25.4. The molecule has 0 spiro atoms. The number of nitrogens with one attached hydrogen (secondary N) is 1. The minimum Gasteiger partial charge on any atom is -0.370 e. The number of nitriles is 1. The average Bonchev–Trinajstić information content (AvgIpc) is 3.21. The van der Waals surface area contributed by atoms with Crippen LogP contribution >= 0.6 is 0 Å². The maximum Gasteiger partial charge on any atom is 0.433 e. The number of amidine groups is 1. The molecule has 0 bridgehead atoms. The molecule has 2 aromatic rings. The Morgan fingerprint density at radius 3 is 2.51 bits per heavy atom. The summed E-state index contributed by atoms with van der Waals surface area (Å²) in [5.74, 6) is -0.228. The molecule has 0 saturated heterocycles. The number of hydrogen-bond acceptors (Lipinski definition) is 9. The van der Waals surface area contributed by atoms with E-state index in [1.54, 1.807) is 6.07 Å². The predicted octanol–water partition coefficient (Wildman–Crippen LogP) is 3.00. The molecule has 0 amide bonds. The van der Waals surface area contributed by atoms with Crippen LogP contribution in [0.15, 0.2) is 58.8 Å². The van der Waals surface area contributed by atoms with Crippen LogP contribution in [0, 0.1) is 11.3 Å². The number of anilines is 1. The fourth-order valence-electron chi connectivity index (χ4n) is 3.16. The van der Waals surface area contributed by atoms with E-state index in [0.29, 0.717) is 0 Å². The second-order valence-electron chi connectivity index (χ2n) is 7.38. The first kappa shape index (κ1) is 24.0. The monoisotopic (exact) mass is 496 g/mol. The van der Waals surface area contributed by atoms with E-state index in [4.69, 9.17) is 5.26 Å². The van der Waals surface area contributed by atoms with E-state index in [-0.39, 0.29) is 23.8 Å². The smallest absolute Gasteiger partial charge is 0.370 e. The highest BCUT2D eigenvalue weighted by molar-refractivity contribution is 6.02. The van der Waals surface area contributed by atoms with Gasteiger partial charge in [0.05, 0.1) is 6.54 Å². The summed E-state index contributed by atoms with van der Waals surface area (Å²) in [7, 11) is 0. The van der Waals surface area contributed by atoms with Crippen LogP contribution in [0.1, 0.15) is 17.1 Å². The number of pyridine rings is 2. The molecule has 2 unspecified atom stereocenters. The van der Waals surface area contributed by atoms with Gasteiger partial charge in [0.1, 0.15) is 29.5 Å². The summed E-state index contributed by atoms with van der Waals surface area (Å²) in [5, 5.41) is 24.6. The van der Waals surface area contributed by atoms with Crippen LogP contribution in [0.4, 0.5) is 32.0 Å². The molecule has 0 radical (unpaired) electrons. The molecule has 2 aromatic heterocycles. The Hall–Kier alpha value is -4.19. The van der Waals surface area contributed by atoms with Crippen molar-refractivity contribution in [2.45, 2.75) is 24.2 Å². The molecule has 2 atom stereocenters. The van der Waals surface area contributed by atoms with Crippen molar-refractivity contribution in [2.24, 2.45) is 9.98 Å². The maximum atomic E-state index is 13.1. The van der Waals surface area contributed by atoms with E-state index in [0.717, 1.165) is 30.7 Å². The number of halogens is 6. The van der Waals surface area contributed by atoms with Gasteiger partial charge in [0.2, 0.25) is 6.29 Å². The molecule has 2 aliphatic rings. The van der Waals surface area contributed by atoms with Crippen LogP contribution in [0.25, 0.3) is 0 Å². The molecule has 182 valence electrons. The van der Waals surface area contributed by atoms with Crippen molar-refractivity contribution in [3.05, 3.63) is 65.9 Å². The zero-order valence-electron chi connectivity index (χ0n) is 17.3. The van der Waals surface area contributed by atoms with Crippen LogP contribution in [0.5, 0.6) is 0 Å². The quantitative estimate of drug-likeness (QED) is 0.494. The molecule has 4 rings (SSSR count). The second kappa shape index (κ2) is 8.55. The molecule has 15 heteroatoms. The second-order valence-corrected chi connectivity index (χ2v) is 7.38. The lowest BCUT2D eigenvalue weighted by Crippen LogP contribution is -2.51. The van der Waals surface area contributed by atoms with Crippen molar-refractivity contribution in [3.63, 3.8) is 0 Å². The van der Waals surface area contributed by atoms with Gasteiger partial charge in [0, 0.05) is 18.1 Å². The number of nitrogens with zero attached hydrogens (tertiary/aromatic N) is 7. The molecule has 4 heterocycles.